The third-order valence-corrected chi connectivity index (χ3v) is 8.17. The van der Waals surface area contributed by atoms with Gasteiger partial charge in [0, 0.05) is 77.7 Å². The van der Waals surface area contributed by atoms with Crippen LogP contribution in [0.25, 0.3) is 33.5 Å². The number of nitrogens with zero attached hydrogens (tertiary/aromatic N) is 4. The predicted molar refractivity (Wildman–Crippen MR) is 151 cm³/mol. The number of likely N-dealkylation sites (N-methyl/N-ethyl adjacent to an activating group) is 1. The van der Waals surface area contributed by atoms with Crippen LogP contribution in [0, 0.1) is 13.8 Å². The number of thiazole rings is 1. The van der Waals surface area contributed by atoms with E-state index in [9.17, 15) is 9.59 Å². The average Bonchev–Trinajstić information content (AvgIpc) is 3.61. The van der Waals surface area contributed by atoms with Gasteiger partial charge in [-0.1, -0.05) is 6.07 Å². The molecule has 2 N–H and O–H groups in total. The second kappa shape index (κ2) is 9.66. The van der Waals surface area contributed by atoms with Crippen molar-refractivity contribution >= 4 is 40.5 Å². The van der Waals surface area contributed by atoms with Gasteiger partial charge in [0.15, 0.2) is 0 Å². The van der Waals surface area contributed by atoms with Gasteiger partial charge in [-0.05, 0) is 56.8 Å². The van der Waals surface area contributed by atoms with Gasteiger partial charge in [0.05, 0.1) is 16.8 Å². The quantitative estimate of drug-likeness (QED) is 0.378. The molecule has 0 aliphatic carbocycles. The van der Waals surface area contributed by atoms with Crippen LogP contribution in [0.3, 0.4) is 0 Å². The Kier molecular flexibility index (Phi) is 6.17. The Labute approximate surface area is 225 Å². The summed E-state index contributed by atoms with van der Waals surface area (Å²) in [6.45, 7) is 7.03. The van der Waals surface area contributed by atoms with Gasteiger partial charge >= 0.3 is 0 Å². The fraction of sp³-hybridized carbons (Fsp3) is 0.241. The molecule has 0 unspecified atom stereocenters. The Morgan fingerprint density at radius 2 is 1.92 bits per heavy atom. The van der Waals surface area contributed by atoms with E-state index in [1.165, 1.54) is 0 Å². The van der Waals surface area contributed by atoms with Gasteiger partial charge in [-0.15, -0.1) is 11.3 Å². The molecule has 3 aromatic heterocycles. The number of amides is 2. The summed E-state index contributed by atoms with van der Waals surface area (Å²) in [5.41, 5.74) is 8.05. The SMILES string of the molecule is Cc1[nH]c(C=C2C(=O)Nc3ccc(-c4csc(-c5cccnc5)n4)cc32)c(C)c1C(=O)N1CCN(C)CC1. The monoisotopic (exact) mass is 524 g/mol. The third kappa shape index (κ3) is 4.33. The largest absolute Gasteiger partial charge is 0.358 e. The summed E-state index contributed by atoms with van der Waals surface area (Å²) in [6, 6.07) is 9.78. The predicted octanol–water partition coefficient (Wildman–Crippen LogP) is 4.70. The molecule has 8 nitrogen and oxygen atoms in total. The highest BCUT2D eigenvalue weighted by Crippen LogP contribution is 2.38. The number of benzene rings is 1. The van der Waals surface area contributed by atoms with Crippen LogP contribution in [0.4, 0.5) is 5.69 Å². The summed E-state index contributed by atoms with van der Waals surface area (Å²) in [5, 5.41) is 5.89. The van der Waals surface area contributed by atoms with Gasteiger partial charge in [0.1, 0.15) is 5.01 Å². The summed E-state index contributed by atoms with van der Waals surface area (Å²) >= 11 is 1.56. The maximum Gasteiger partial charge on any atom is 0.256 e. The van der Waals surface area contributed by atoms with Crippen molar-refractivity contribution in [2.45, 2.75) is 13.8 Å². The number of aromatic amines is 1. The minimum atomic E-state index is -0.162. The molecular weight excluding hydrogens is 496 g/mol. The number of rotatable bonds is 4. The van der Waals surface area contributed by atoms with Crippen LogP contribution in [0.1, 0.15) is 32.9 Å². The summed E-state index contributed by atoms with van der Waals surface area (Å²) in [4.78, 5) is 42.8. The summed E-state index contributed by atoms with van der Waals surface area (Å²) < 4.78 is 0. The van der Waals surface area contributed by atoms with Crippen LogP contribution >= 0.6 is 11.3 Å². The first-order chi connectivity index (χ1) is 18.4. The number of carbonyl (C=O) groups excluding carboxylic acids is 2. The number of pyridine rings is 1. The summed E-state index contributed by atoms with van der Waals surface area (Å²) in [6.07, 6.45) is 5.41. The van der Waals surface area contributed by atoms with E-state index in [1.807, 2.05) is 60.5 Å². The number of hydrogen-bond donors (Lipinski definition) is 2. The number of hydrogen-bond acceptors (Lipinski definition) is 6. The Balaban J connectivity index is 1.32. The van der Waals surface area contributed by atoms with Gasteiger partial charge in [-0.3, -0.25) is 14.6 Å². The van der Waals surface area contributed by atoms with E-state index < -0.39 is 0 Å². The maximum atomic E-state index is 13.3. The molecule has 192 valence electrons. The van der Waals surface area contributed by atoms with E-state index in [1.54, 1.807) is 23.7 Å². The molecule has 6 rings (SSSR count). The van der Waals surface area contributed by atoms with Crippen molar-refractivity contribution in [3.8, 4) is 21.8 Å². The molecule has 1 saturated heterocycles. The summed E-state index contributed by atoms with van der Waals surface area (Å²) in [7, 11) is 2.07. The standard InChI is InChI=1S/C29H28N6O2S/c1-17-24(31-18(2)26(17)29(37)35-11-9-34(3)10-12-35)14-22-21-13-19(6-7-23(21)32-27(22)36)25-16-38-28(33-25)20-5-4-8-30-15-20/h4-8,13-16,31H,9-12H2,1-3H3,(H,32,36). The molecule has 2 aliphatic heterocycles. The van der Waals surface area contributed by atoms with E-state index in [4.69, 9.17) is 4.98 Å². The van der Waals surface area contributed by atoms with Gasteiger partial charge in [0.25, 0.3) is 11.8 Å². The van der Waals surface area contributed by atoms with E-state index in [-0.39, 0.29) is 11.8 Å². The van der Waals surface area contributed by atoms with Crippen LogP contribution in [-0.2, 0) is 4.79 Å². The molecule has 1 fully saturated rings. The van der Waals surface area contributed by atoms with Crippen molar-refractivity contribution in [2.75, 3.05) is 38.5 Å². The lowest BCUT2D eigenvalue weighted by Crippen LogP contribution is -2.47. The van der Waals surface area contributed by atoms with Crippen molar-refractivity contribution in [2.24, 2.45) is 0 Å². The number of aryl methyl sites for hydroxylation is 1. The topological polar surface area (TPSA) is 94.2 Å². The Bertz CT molecular complexity index is 1580. The second-order valence-electron chi connectivity index (χ2n) is 9.81. The normalized spacial score (nSPS) is 16.7. The van der Waals surface area contributed by atoms with Gasteiger partial charge in [-0.2, -0.15) is 0 Å². The van der Waals surface area contributed by atoms with Crippen LogP contribution in [-0.4, -0.2) is 69.8 Å². The lowest BCUT2D eigenvalue weighted by atomic mass is 10.0. The van der Waals surface area contributed by atoms with E-state index >= 15 is 0 Å². The van der Waals surface area contributed by atoms with E-state index in [2.05, 4.69) is 27.2 Å². The number of fused-ring (bicyclic) bond motifs is 1. The zero-order chi connectivity index (χ0) is 26.4. The number of piperazine rings is 1. The molecule has 5 heterocycles. The van der Waals surface area contributed by atoms with E-state index in [0.29, 0.717) is 24.2 Å². The van der Waals surface area contributed by atoms with Crippen LogP contribution < -0.4 is 5.32 Å². The third-order valence-electron chi connectivity index (χ3n) is 7.28. The lowest BCUT2D eigenvalue weighted by molar-refractivity contribution is -0.110. The van der Waals surface area contributed by atoms with Crippen molar-refractivity contribution in [1.29, 1.82) is 0 Å². The number of carbonyl (C=O) groups is 2. The van der Waals surface area contributed by atoms with Gasteiger partial charge < -0.3 is 20.1 Å². The number of aromatic nitrogens is 3. The minimum absolute atomic E-state index is 0.0421. The molecular formula is C29H28N6O2S. The first kappa shape index (κ1) is 24.3. The number of nitrogens with one attached hydrogen (secondary N) is 2. The molecule has 38 heavy (non-hydrogen) atoms. The first-order valence-electron chi connectivity index (χ1n) is 12.6. The van der Waals surface area contributed by atoms with Crippen molar-refractivity contribution < 1.29 is 9.59 Å². The molecule has 0 saturated carbocycles. The molecule has 4 aromatic rings. The van der Waals surface area contributed by atoms with Crippen molar-refractivity contribution in [1.82, 2.24) is 24.8 Å². The van der Waals surface area contributed by atoms with Gasteiger partial charge in [-0.25, -0.2) is 4.98 Å². The zero-order valence-corrected chi connectivity index (χ0v) is 22.4. The Morgan fingerprint density at radius 3 is 2.68 bits per heavy atom. The van der Waals surface area contributed by atoms with Crippen molar-refractivity contribution in [3.05, 3.63) is 76.2 Å². The van der Waals surface area contributed by atoms with Crippen LogP contribution in [0.2, 0.25) is 0 Å². The molecule has 0 radical (unpaired) electrons. The highest BCUT2D eigenvalue weighted by atomic mass is 32.1. The zero-order valence-electron chi connectivity index (χ0n) is 21.5. The van der Waals surface area contributed by atoms with Crippen LogP contribution in [0.15, 0.2) is 48.1 Å². The molecule has 1 aromatic carbocycles. The first-order valence-corrected chi connectivity index (χ1v) is 13.5. The fourth-order valence-corrected chi connectivity index (χ4v) is 5.89. The molecule has 9 heteroatoms. The highest BCUT2D eigenvalue weighted by Gasteiger charge is 2.28. The lowest BCUT2D eigenvalue weighted by Gasteiger charge is -2.32. The highest BCUT2D eigenvalue weighted by molar-refractivity contribution is 7.13. The summed E-state index contributed by atoms with van der Waals surface area (Å²) in [5.74, 6) is -0.120. The molecule has 0 spiro atoms. The molecule has 2 aliphatic rings. The van der Waals surface area contributed by atoms with Crippen molar-refractivity contribution in [3.63, 3.8) is 0 Å². The average molecular weight is 525 g/mol. The Morgan fingerprint density at radius 1 is 1.11 bits per heavy atom. The Hall–Kier alpha value is -4.08. The minimum Gasteiger partial charge on any atom is -0.358 e. The number of anilines is 1. The maximum absolute atomic E-state index is 13.3. The molecule has 2 amide bonds. The van der Waals surface area contributed by atoms with E-state index in [0.717, 1.165) is 63.1 Å². The number of H-pyrrole nitrogens is 1. The smallest absolute Gasteiger partial charge is 0.256 e. The molecule has 0 bridgehead atoms. The molecule has 0 atom stereocenters. The fourth-order valence-electron chi connectivity index (χ4n) is 5.07. The van der Waals surface area contributed by atoms with Crippen LogP contribution in [0.5, 0.6) is 0 Å². The second-order valence-corrected chi connectivity index (χ2v) is 10.7. The van der Waals surface area contributed by atoms with Gasteiger partial charge in [0.2, 0.25) is 0 Å².